The molecule has 1 aromatic carbocycles. The fourth-order valence-electron chi connectivity index (χ4n) is 1.85. The first-order valence-corrected chi connectivity index (χ1v) is 6.30. The van der Waals surface area contributed by atoms with Crippen molar-refractivity contribution in [3.63, 3.8) is 0 Å². The largest absolute Gasteiger partial charge is 0.398 e. The summed E-state index contributed by atoms with van der Waals surface area (Å²) < 4.78 is 6.86. The van der Waals surface area contributed by atoms with Gasteiger partial charge in [0.2, 0.25) is 0 Å². The molecule has 102 valence electrons. The molecule has 1 aromatic heterocycles. The van der Waals surface area contributed by atoms with Crippen molar-refractivity contribution in [2.75, 3.05) is 19.5 Å². The van der Waals surface area contributed by atoms with Crippen LogP contribution in [-0.2, 0) is 11.3 Å². The third kappa shape index (κ3) is 3.21. The molecule has 0 aliphatic heterocycles. The van der Waals surface area contributed by atoms with Crippen LogP contribution in [0.15, 0.2) is 18.2 Å². The summed E-state index contributed by atoms with van der Waals surface area (Å²) in [5.74, 6) is 0.989. The van der Waals surface area contributed by atoms with E-state index < -0.39 is 0 Å². The van der Waals surface area contributed by atoms with Crippen molar-refractivity contribution in [3.05, 3.63) is 23.2 Å². The molecule has 0 amide bonds. The first kappa shape index (κ1) is 13.8. The highest BCUT2D eigenvalue weighted by Gasteiger charge is 2.12. The highest BCUT2D eigenvalue weighted by atomic mass is 35.5. The molecule has 0 radical (unpaired) electrons. The molecule has 7 heteroatoms. The predicted octanol–water partition coefficient (Wildman–Crippen LogP) is 1.86. The summed E-state index contributed by atoms with van der Waals surface area (Å²) in [5, 5.41) is 12.3. The number of nitrogens with zero attached hydrogens (tertiary/aromatic N) is 4. The van der Waals surface area contributed by atoms with E-state index in [0.717, 1.165) is 5.56 Å². The minimum Gasteiger partial charge on any atom is -0.398 e. The first-order valence-electron chi connectivity index (χ1n) is 5.92. The number of nitrogen functional groups attached to an aromatic ring is 1. The maximum absolute atomic E-state index is 5.91. The van der Waals surface area contributed by atoms with Gasteiger partial charge in [0.25, 0.3) is 0 Å². The van der Waals surface area contributed by atoms with Crippen molar-refractivity contribution in [2.45, 2.75) is 13.5 Å². The topological polar surface area (TPSA) is 78.8 Å². The minimum absolute atomic E-state index is 0.317. The molecule has 1 atom stereocenters. The Morgan fingerprint density at radius 1 is 1.47 bits per heavy atom. The van der Waals surface area contributed by atoms with Crippen LogP contribution in [0.25, 0.3) is 11.4 Å². The summed E-state index contributed by atoms with van der Waals surface area (Å²) in [7, 11) is 1.68. The van der Waals surface area contributed by atoms with Crippen LogP contribution in [0.5, 0.6) is 0 Å². The molecule has 0 aliphatic carbocycles. The average molecular weight is 282 g/mol. The van der Waals surface area contributed by atoms with E-state index in [0.29, 0.717) is 35.6 Å². The molecular weight excluding hydrogens is 266 g/mol. The van der Waals surface area contributed by atoms with E-state index in [4.69, 9.17) is 22.1 Å². The van der Waals surface area contributed by atoms with Gasteiger partial charge in [-0.2, -0.15) is 0 Å². The first-order chi connectivity index (χ1) is 9.11. The minimum atomic E-state index is 0.317. The lowest BCUT2D eigenvalue weighted by molar-refractivity contribution is 0.149. The van der Waals surface area contributed by atoms with E-state index >= 15 is 0 Å². The van der Waals surface area contributed by atoms with Crippen LogP contribution in [0.1, 0.15) is 6.92 Å². The summed E-state index contributed by atoms with van der Waals surface area (Å²) >= 11 is 5.91. The van der Waals surface area contributed by atoms with Crippen molar-refractivity contribution in [2.24, 2.45) is 5.92 Å². The maximum atomic E-state index is 5.91. The fraction of sp³-hybridized carbons (Fsp3) is 0.417. The molecule has 0 fully saturated rings. The highest BCUT2D eigenvalue weighted by Crippen LogP contribution is 2.25. The van der Waals surface area contributed by atoms with E-state index in [1.54, 1.807) is 23.9 Å². The van der Waals surface area contributed by atoms with Crippen LogP contribution in [-0.4, -0.2) is 33.9 Å². The fourth-order valence-corrected chi connectivity index (χ4v) is 1.97. The molecule has 0 saturated carbocycles. The number of ether oxygens (including phenoxy) is 1. The predicted molar refractivity (Wildman–Crippen MR) is 73.7 cm³/mol. The number of methoxy groups -OCH3 is 1. The molecule has 0 bridgehead atoms. The third-order valence-corrected chi connectivity index (χ3v) is 3.07. The standard InChI is InChI=1S/C12H16ClN5O/c1-8(7-19-2)6-18-12(15-16-17-18)9-3-4-10(13)11(14)5-9/h3-5,8H,6-7,14H2,1-2H3. The number of benzene rings is 1. The van der Waals surface area contributed by atoms with E-state index in [2.05, 4.69) is 22.4 Å². The summed E-state index contributed by atoms with van der Waals surface area (Å²) in [5.41, 5.74) is 7.15. The molecule has 2 N–H and O–H groups in total. The number of anilines is 1. The highest BCUT2D eigenvalue weighted by molar-refractivity contribution is 6.33. The molecule has 2 aromatic rings. The molecule has 6 nitrogen and oxygen atoms in total. The summed E-state index contributed by atoms with van der Waals surface area (Å²) in [4.78, 5) is 0. The van der Waals surface area contributed by atoms with E-state index in [1.807, 2.05) is 6.07 Å². The second kappa shape index (κ2) is 5.99. The summed E-state index contributed by atoms with van der Waals surface area (Å²) in [6.07, 6.45) is 0. The Bertz CT molecular complexity index is 557. The lowest BCUT2D eigenvalue weighted by Crippen LogP contribution is -2.14. The van der Waals surface area contributed by atoms with Crippen molar-refractivity contribution >= 4 is 17.3 Å². The quantitative estimate of drug-likeness (QED) is 0.846. The van der Waals surface area contributed by atoms with Crippen molar-refractivity contribution in [1.29, 1.82) is 0 Å². The Balaban J connectivity index is 2.25. The number of aromatic nitrogens is 4. The van der Waals surface area contributed by atoms with Crippen LogP contribution in [0.3, 0.4) is 0 Å². The molecule has 19 heavy (non-hydrogen) atoms. The van der Waals surface area contributed by atoms with Gasteiger partial charge in [0.1, 0.15) is 0 Å². The maximum Gasteiger partial charge on any atom is 0.182 e. The number of tetrazole rings is 1. The Labute approximate surface area is 116 Å². The van der Waals surface area contributed by atoms with Crippen LogP contribution in [0.4, 0.5) is 5.69 Å². The number of nitrogens with two attached hydrogens (primary N) is 1. The molecule has 2 rings (SSSR count). The van der Waals surface area contributed by atoms with Gasteiger partial charge in [-0.05, 0) is 34.5 Å². The third-order valence-electron chi connectivity index (χ3n) is 2.72. The van der Waals surface area contributed by atoms with Gasteiger partial charge in [-0.25, -0.2) is 4.68 Å². The van der Waals surface area contributed by atoms with Gasteiger partial charge in [-0.15, -0.1) is 5.10 Å². The van der Waals surface area contributed by atoms with Gasteiger partial charge < -0.3 is 10.5 Å². The monoisotopic (exact) mass is 281 g/mol. The van der Waals surface area contributed by atoms with E-state index in [-0.39, 0.29) is 0 Å². The lowest BCUT2D eigenvalue weighted by atomic mass is 10.1. The zero-order valence-electron chi connectivity index (χ0n) is 10.9. The van der Waals surface area contributed by atoms with Crippen molar-refractivity contribution in [1.82, 2.24) is 20.2 Å². The normalized spacial score (nSPS) is 12.6. The second-order valence-electron chi connectivity index (χ2n) is 4.48. The number of hydrogen-bond donors (Lipinski definition) is 1. The van der Waals surface area contributed by atoms with Gasteiger partial charge in [0, 0.05) is 19.2 Å². The van der Waals surface area contributed by atoms with Gasteiger partial charge in [0.15, 0.2) is 5.82 Å². The zero-order valence-corrected chi connectivity index (χ0v) is 11.6. The molecule has 0 saturated heterocycles. The zero-order chi connectivity index (χ0) is 13.8. The molecule has 0 spiro atoms. The lowest BCUT2D eigenvalue weighted by Gasteiger charge is -2.11. The van der Waals surface area contributed by atoms with Gasteiger partial charge >= 0.3 is 0 Å². The van der Waals surface area contributed by atoms with Gasteiger partial charge in [-0.3, -0.25) is 0 Å². The van der Waals surface area contributed by atoms with Crippen molar-refractivity contribution in [3.8, 4) is 11.4 Å². The van der Waals surface area contributed by atoms with Gasteiger partial charge in [-0.1, -0.05) is 18.5 Å². The van der Waals surface area contributed by atoms with Gasteiger partial charge in [0.05, 0.1) is 17.3 Å². The summed E-state index contributed by atoms with van der Waals surface area (Å²) in [6, 6.07) is 5.36. The van der Waals surface area contributed by atoms with Crippen LogP contribution in [0.2, 0.25) is 5.02 Å². The molecule has 1 heterocycles. The van der Waals surface area contributed by atoms with Crippen LogP contribution < -0.4 is 5.73 Å². The van der Waals surface area contributed by atoms with Crippen LogP contribution >= 0.6 is 11.6 Å². The summed E-state index contributed by atoms with van der Waals surface area (Å²) in [6.45, 7) is 3.41. The SMILES string of the molecule is COCC(C)Cn1nnnc1-c1ccc(Cl)c(N)c1. The van der Waals surface area contributed by atoms with E-state index in [9.17, 15) is 0 Å². The second-order valence-corrected chi connectivity index (χ2v) is 4.89. The molecule has 1 unspecified atom stereocenters. The Hall–Kier alpha value is -1.66. The number of rotatable bonds is 5. The van der Waals surface area contributed by atoms with E-state index in [1.165, 1.54) is 0 Å². The van der Waals surface area contributed by atoms with Crippen molar-refractivity contribution < 1.29 is 4.74 Å². The molecular formula is C12H16ClN5O. The number of hydrogen-bond acceptors (Lipinski definition) is 5. The Morgan fingerprint density at radius 3 is 2.95 bits per heavy atom. The Morgan fingerprint density at radius 2 is 2.26 bits per heavy atom. The van der Waals surface area contributed by atoms with Crippen LogP contribution in [0, 0.1) is 5.92 Å². The number of halogens is 1. The average Bonchev–Trinajstić information content (AvgIpc) is 2.81. The molecule has 0 aliphatic rings. The Kier molecular flexibility index (Phi) is 4.34. The smallest absolute Gasteiger partial charge is 0.182 e.